The fourth-order valence-electron chi connectivity index (χ4n) is 1.46. The molecule has 2 rings (SSSR count). The molecule has 21 heavy (non-hydrogen) atoms. The van der Waals surface area contributed by atoms with E-state index in [0.717, 1.165) is 6.08 Å². The van der Waals surface area contributed by atoms with Crippen LogP contribution in [0.5, 0.6) is 11.6 Å². The molecule has 4 nitrogen and oxygen atoms in total. The molecular weight excluding hydrogens is 381 g/mol. The molecular formula is C14H8BrCl2NO3. The molecule has 0 aliphatic heterocycles. The van der Waals surface area contributed by atoms with E-state index in [4.69, 9.17) is 33.0 Å². The van der Waals surface area contributed by atoms with Gasteiger partial charge in [0.2, 0.25) is 5.88 Å². The maximum Gasteiger partial charge on any atom is 0.328 e. The van der Waals surface area contributed by atoms with Gasteiger partial charge in [-0.05, 0) is 40.2 Å². The predicted octanol–water partition coefficient (Wildman–Crippen LogP) is 5.04. The molecule has 0 unspecified atom stereocenters. The van der Waals surface area contributed by atoms with Gasteiger partial charge in [-0.1, -0.05) is 23.2 Å². The van der Waals surface area contributed by atoms with E-state index in [1.54, 1.807) is 24.3 Å². The van der Waals surface area contributed by atoms with Crippen LogP contribution >= 0.6 is 39.1 Å². The third-order valence-corrected chi connectivity index (χ3v) is 3.88. The van der Waals surface area contributed by atoms with Crippen molar-refractivity contribution in [2.45, 2.75) is 0 Å². The van der Waals surface area contributed by atoms with Gasteiger partial charge in [-0.3, -0.25) is 0 Å². The molecule has 0 spiro atoms. The van der Waals surface area contributed by atoms with Crippen molar-refractivity contribution in [2.24, 2.45) is 0 Å². The molecule has 0 fully saturated rings. The van der Waals surface area contributed by atoms with Gasteiger partial charge >= 0.3 is 5.97 Å². The highest BCUT2D eigenvalue weighted by molar-refractivity contribution is 9.10. The van der Waals surface area contributed by atoms with Crippen LogP contribution in [0.2, 0.25) is 10.0 Å². The van der Waals surface area contributed by atoms with Crippen LogP contribution in [-0.2, 0) is 4.79 Å². The number of carboxylic acid groups (broad SMARTS) is 1. The Labute approximate surface area is 139 Å². The van der Waals surface area contributed by atoms with E-state index in [2.05, 4.69) is 20.9 Å². The smallest absolute Gasteiger partial charge is 0.328 e. The number of hydrogen-bond acceptors (Lipinski definition) is 3. The quantitative estimate of drug-likeness (QED) is 0.588. The van der Waals surface area contributed by atoms with Gasteiger partial charge in [0.15, 0.2) is 0 Å². The average Bonchev–Trinajstić information content (AvgIpc) is 2.43. The number of benzene rings is 1. The van der Waals surface area contributed by atoms with Crippen molar-refractivity contribution in [1.29, 1.82) is 0 Å². The number of carbonyl (C=O) groups is 1. The van der Waals surface area contributed by atoms with E-state index in [-0.39, 0.29) is 5.88 Å². The lowest BCUT2D eigenvalue weighted by molar-refractivity contribution is -0.131. The summed E-state index contributed by atoms with van der Waals surface area (Å²) in [6, 6.07) is 6.50. The molecule has 0 saturated heterocycles. The number of nitrogens with zero attached hydrogens (tertiary/aromatic N) is 1. The summed E-state index contributed by atoms with van der Waals surface area (Å²) in [4.78, 5) is 14.7. The van der Waals surface area contributed by atoms with Gasteiger partial charge in [-0.15, -0.1) is 0 Å². The van der Waals surface area contributed by atoms with Crippen molar-refractivity contribution in [3.05, 3.63) is 56.6 Å². The fraction of sp³-hybridized carbons (Fsp3) is 0. The van der Waals surface area contributed by atoms with Crippen LogP contribution in [0.1, 0.15) is 5.56 Å². The largest absolute Gasteiger partial charge is 0.478 e. The Kier molecular flexibility index (Phi) is 5.22. The van der Waals surface area contributed by atoms with Crippen LogP contribution in [0.25, 0.3) is 6.08 Å². The topological polar surface area (TPSA) is 59.4 Å². The zero-order chi connectivity index (χ0) is 15.4. The second kappa shape index (κ2) is 6.93. The lowest BCUT2D eigenvalue weighted by Crippen LogP contribution is -1.93. The van der Waals surface area contributed by atoms with E-state index < -0.39 is 5.97 Å². The van der Waals surface area contributed by atoms with Crippen molar-refractivity contribution < 1.29 is 14.6 Å². The summed E-state index contributed by atoms with van der Waals surface area (Å²) >= 11 is 15.3. The zero-order valence-corrected chi connectivity index (χ0v) is 13.5. The highest BCUT2D eigenvalue weighted by atomic mass is 79.9. The van der Waals surface area contributed by atoms with E-state index >= 15 is 0 Å². The SMILES string of the molecule is O=C(O)/C=C/c1cccnc1Oc1cc(Cl)c(Br)cc1Cl. The Morgan fingerprint density at radius 3 is 2.81 bits per heavy atom. The molecule has 0 atom stereocenters. The first-order valence-corrected chi connectivity index (χ1v) is 7.20. The van der Waals surface area contributed by atoms with Gasteiger partial charge in [0.1, 0.15) is 5.75 Å². The normalized spacial score (nSPS) is 10.8. The first-order valence-electron chi connectivity index (χ1n) is 5.66. The molecule has 1 N–H and O–H groups in total. The number of ether oxygens (including phenoxy) is 1. The van der Waals surface area contributed by atoms with Gasteiger partial charge in [0.25, 0.3) is 0 Å². The number of carboxylic acids is 1. The van der Waals surface area contributed by atoms with Crippen molar-refractivity contribution in [3.8, 4) is 11.6 Å². The zero-order valence-electron chi connectivity index (χ0n) is 10.4. The number of rotatable bonds is 4. The fourth-order valence-corrected chi connectivity index (χ4v) is 2.29. The van der Waals surface area contributed by atoms with Crippen LogP contribution in [0.3, 0.4) is 0 Å². The van der Waals surface area contributed by atoms with E-state index in [9.17, 15) is 4.79 Å². The second-order valence-corrected chi connectivity index (χ2v) is 5.54. The first-order chi connectivity index (χ1) is 9.97. The third kappa shape index (κ3) is 4.20. The predicted molar refractivity (Wildman–Crippen MR) is 85.1 cm³/mol. The Balaban J connectivity index is 2.36. The van der Waals surface area contributed by atoms with Crippen molar-refractivity contribution in [2.75, 3.05) is 0 Å². The molecule has 2 aromatic rings. The first kappa shape index (κ1) is 15.8. The Morgan fingerprint density at radius 1 is 1.33 bits per heavy atom. The summed E-state index contributed by atoms with van der Waals surface area (Å²) in [7, 11) is 0. The number of hydrogen-bond donors (Lipinski definition) is 1. The highest BCUT2D eigenvalue weighted by Crippen LogP contribution is 2.36. The van der Waals surface area contributed by atoms with Gasteiger partial charge in [0, 0.05) is 28.4 Å². The summed E-state index contributed by atoms with van der Waals surface area (Å²) in [5, 5.41) is 9.46. The molecule has 1 aromatic carbocycles. The van der Waals surface area contributed by atoms with Gasteiger partial charge in [0.05, 0.1) is 10.0 Å². The minimum atomic E-state index is -1.06. The number of aromatic nitrogens is 1. The molecule has 0 aliphatic carbocycles. The number of pyridine rings is 1. The van der Waals surface area contributed by atoms with Crippen LogP contribution in [0.15, 0.2) is 41.0 Å². The molecule has 7 heteroatoms. The van der Waals surface area contributed by atoms with Crippen LogP contribution in [0.4, 0.5) is 0 Å². The summed E-state index contributed by atoms with van der Waals surface area (Å²) in [6.45, 7) is 0. The molecule has 108 valence electrons. The Morgan fingerprint density at radius 2 is 2.10 bits per heavy atom. The molecule has 0 bridgehead atoms. The minimum absolute atomic E-state index is 0.232. The van der Waals surface area contributed by atoms with E-state index in [0.29, 0.717) is 25.8 Å². The van der Waals surface area contributed by atoms with Crippen molar-refractivity contribution in [3.63, 3.8) is 0 Å². The lowest BCUT2D eigenvalue weighted by Gasteiger charge is -2.10. The Hall–Kier alpha value is -1.56. The summed E-state index contributed by atoms with van der Waals surface area (Å²) in [5.74, 6) is -0.502. The number of halogens is 3. The Bertz CT molecular complexity index is 719. The van der Waals surface area contributed by atoms with Gasteiger partial charge < -0.3 is 9.84 Å². The van der Waals surface area contributed by atoms with E-state index in [1.165, 1.54) is 12.3 Å². The van der Waals surface area contributed by atoms with Crippen molar-refractivity contribution in [1.82, 2.24) is 4.98 Å². The molecule has 0 aliphatic rings. The molecule has 1 aromatic heterocycles. The van der Waals surface area contributed by atoms with Crippen molar-refractivity contribution >= 4 is 51.2 Å². The molecule has 1 heterocycles. The average molecular weight is 389 g/mol. The van der Waals surface area contributed by atoms with Crippen LogP contribution in [0, 0.1) is 0 Å². The lowest BCUT2D eigenvalue weighted by atomic mass is 10.2. The van der Waals surface area contributed by atoms with Crippen LogP contribution in [-0.4, -0.2) is 16.1 Å². The number of aliphatic carboxylic acids is 1. The molecule has 0 amide bonds. The van der Waals surface area contributed by atoms with Gasteiger partial charge in [-0.25, -0.2) is 9.78 Å². The molecule has 0 radical (unpaired) electrons. The maximum atomic E-state index is 10.6. The molecule has 0 saturated carbocycles. The third-order valence-electron chi connectivity index (χ3n) is 2.39. The summed E-state index contributed by atoms with van der Waals surface area (Å²) in [6.07, 6.45) is 3.92. The van der Waals surface area contributed by atoms with E-state index in [1.807, 2.05) is 0 Å². The summed E-state index contributed by atoms with van der Waals surface area (Å²) in [5.41, 5.74) is 0.509. The second-order valence-electron chi connectivity index (χ2n) is 3.87. The minimum Gasteiger partial charge on any atom is -0.478 e. The van der Waals surface area contributed by atoms with Gasteiger partial charge in [-0.2, -0.15) is 0 Å². The maximum absolute atomic E-state index is 10.6. The van der Waals surface area contributed by atoms with Crippen LogP contribution < -0.4 is 4.74 Å². The monoisotopic (exact) mass is 387 g/mol. The highest BCUT2D eigenvalue weighted by Gasteiger charge is 2.10. The standard InChI is InChI=1S/C14H8BrCl2NO3/c15-9-6-11(17)12(7-10(9)16)21-14-8(2-1-5-18-14)3-4-13(19)20/h1-7H,(H,19,20)/b4-3+. The summed E-state index contributed by atoms with van der Waals surface area (Å²) < 4.78 is 6.26.